The van der Waals surface area contributed by atoms with E-state index < -0.39 is 0 Å². The molecule has 2 rings (SSSR count). The molecular formula is C14H18N2O2S2. The Labute approximate surface area is 127 Å². The van der Waals surface area contributed by atoms with Gasteiger partial charge in [-0.2, -0.15) is 0 Å². The molecule has 0 saturated heterocycles. The second-order valence-electron chi connectivity index (χ2n) is 4.70. The topological polar surface area (TPSA) is 42.4 Å². The van der Waals surface area contributed by atoms with Crippen LogP contribution in [0.25, 0.3) is 0 Å². The van der Waals surface area contributed by atoms with Crippen molar-refractivity contribution in [2.75, 3.05) is 14.2 Å². The molecule has 0 aliphatic heterocycles. The number of ether oxygens (including phenoxy) is 1. The Bertz CT molecular complexity index is 592. The average molecular weight is 310 g/mol. The highest BCUT2D eigenvalue weighted by molar-refractivity contribution is 7.12. The van der Waals surface area contributed by atoms with Gasteiger partial charge in [0.05, 0.1) is 17.1 Å². The average Bonchev–Trinajstić information content (AvgIpc) is 3.06. The number of carbonyl (C=O) groups is 1. The first-order valence-electron chi connectivity index (χ1n) is 6.29. The summed E-state index contributed by atoms with van der Waals surface area (Å²) in [5.74, 6) is 0.0393. The van der Waals surface area contributed by atoms with Crippen LogP contribution in [0.1, 0.15) is 39.0 Å². The van der Waals surface area contributed by atoms with Crippen molar-refractivity contribution in [2.24, 2.45) is 0 Å². The second-order valence-corrected chi connectivity index (χ2v) is 6.51. The Kier molecular flexibility index (Phi) is 4.91. The number of amides is 1. The van der Waals surface area contributed by atoms with Gasteiger partial charge < -0.3 is 9.64 Å². The predicted octanol–water partition coefficient (Wildman–Crippen LogP) is 3.49. The fourth-order valence-corrected chi connectivity index (χ4v) is 3.46. The van der Waals surface area contributed by atoms with E-state index in [0.717, 1.165) is 21.1 Å². The molecule has 6 heteroatoms. The summed E-state index contributed by atoms with van der Waals surface area (Å²) in [5.41, 5.74) is 2.02. The molecule has 4 nitrogen and oxygen atoms in total. The number of hydrogen-bond donors (Lipinski definition) is 0. The van der Waals surface area contributed by atoms with E-state index in [1.165, 1.54) is 11.3 Å². The van der Waals surface area contributed by atoms with Crippen LogP contribution in [0.4, 0.5) is 0 Å². The van der Waals surface area contributed by atoms with E-state index in [4.69, 9.17) is 4.74 Å². The highest BCUT2D eigenvalue weighted by Crippen LogP contribution is 2.22. The third kappa shape index (κ3) is 3.45. The van der Waals surface area contributed by atoms with Gasteiger partial charge in [0.2, 0.25) is 0 Å². The van der Waals surface area contributed by atoms with Gasteiger partial charge >= 0.3 is 0 Å². The first-order valence-corrected chi connectivity index (χ1v) is 8.05. The Morgan fingerprint density at radius 2 is 2.20 bits per heavy atom. The molecule has 0 aliphatic carbocycles. The van der Waals surface area contributed by atoms with Crippen LogP contribution >= 0.6 is 22.7 Å². The van der Waals surface area contributed by atoms with Crippen molar-refractivity contribution in [2.45, 2.75) is 26.5 Å². The summed E-state index contributed by atoms with van der Waals surface area (Å²) in [4.78, 5) is 19.2. The molecule has 2 aromatic rings. The summed E-state index contributed by atoms with van der Waals surface area (Å²) in [6, 6.07) is 1.92. The van der Waals surface area contributed by atoms with Gasteiger partial charge in [-0.3, -0.25) is 4.79 Å². The van der Waals surface area contributed by atoms with Crippen LogP contribution in [0.3, 0.4) is 0 Å². The van der Waals surface area contributed by atoms with Crippen molar-refractivity contribution in [3.05, 3.63) is 38.0 Å². The number of aryl methyl sites for hydroxylation is 1. The highest BCUT2D eigenvalue weighted by atomic mass is 32.1. The number of aromatic nitrogens is 1. The largest absolute Gasteiger partial charge is 0.375 e. The van der Waals surface area contributed by atoms with E-state index in [2.05, 4.69) is 4.98 Å². The summed E-state index contributed by atoms with van der Waals surface area (Å²) in [6.45, 7) is 4.47. The van der Waals surface area contributed by atoms with E-state index in [1.807, 2.05) is 30.7 Å². The van der Waals surface area contributed by atoms with Crippen molar-refractivity contribution in [3.8, 4) is 0 Å². The Morgan fingerprint density at radius 3 is 2.80 bits per heavy atom. The minimum Gasteiger partial charge on any atom is -0.375 e. The fourth-order valence-electron chi connectivity index (χ4n) is 1.73. The number of thiazole rings is 1. The third-order valence-electron chi connectivity index (χ3n) is 2.96. The second kappa shape index (κ2) is 6.47. The molecule has 0 bridgehead atoms. The molecule has 0 N–H and O–H groups in total. The van der Waals surface area contributed by atoms with Gasteiger partial charge in [0.1, 0.15) is 11.1 Å². The summed E-state index contributed by atoms with van der Waals surface area (Å²) in [5, 5.41) is 4.91. The van der Waals surface area contributed by atoms with Crippen molar-refractivity contribution in [1.29, 1.82) is 0 Å². The minimum absolute atomic E-state index is 0.00490. The fraction of sp³-hybridized carbons (Fsp3) is 0.429. The van der Waals surface area contributed by atoms with Crippen molar-refractivity contribution in [1.82, 2.24) is 9.88 Å². The van der Waals surface area contributed by atoms with Gasteiger partial charge in [-0.15, -0.1) is 22.7 Å². The third-order valence-corrected chi connectivity index (χ3v) is 5.05. The molecular weight excluding hydrogens is 292 g/mol. The Hall–Kier alpha value is -1.24. The van der Waals surface area contributed by atoms with Gasteiger partial charge in [-0.25, -0.2) is 4.98 Å². The van der Waals surface area contributed by atoms with E-state index >= 15 is 0 Å². The highest BCUT2D eigenvalue weighted by Gasteiger charge is 2.16. The van der Waals surface area contributed by atoms with Gasteiger partial charge in [0.25, 0.3) is 5.91 Å². The lowest BCUT2D eigenvalue weighted by molar-refractivity contribution is 0.0788. The molecule has 2 aromatic heterocycles. The molecule has 0 saturated carbocycles. The van der Waals surface area contributed by atoms with Crippen LogP contribution in [0, 0.1) is 6.92 Å². The van der Waals surface area contributed by atoms with Crippen LogP contribution in [0.2, 0.25) is 0 Å². The van der Waals surface area contributed by atoms with Gasteiger partial charge in [0, 0.05) is 19.5 Å². The van der Waals surface area contributed by atoms with Crippen LogP contribution in [0.15, 0.2) is 16.8 Å². The number of hydrogen-bond acceptors (Lipinski definition) is 5. The lowest BCUT2D eigenvalue weighted by atomic mass is 10.3. The molecule has 108 valence electrons. The summed E-state index contributed by atoms with van der Waals surface area (Å²) < 4.78 is 5.24. The monoisotopic (exact) mass is 310 g/mol. The number of carbonyl (C=O) groups excluding carboxylic acids is 1. The molecule has 0 spiro atoms. The van der Waals surface area contributed by atoms with Gasteiger partial charge in [-0.1, -0.05) is 0 Å². The number of nitrogens with zero attached hydrogens (tertiary/aromatic N) is 2. The lowest BCUT2D eigenvalue weighted by Crippen LogP contribution is -2.25. The zero-order valence-corrected chi connectivity index (χ0v) is 13.7. The van der Waals surface area contributed by atoms with Crippen LogP contribution in [0.5, 0.6) is 0 Å². The SMILES string of the molecule is COC(C)c1nc(CN(C)C(=O)c2cc(C)cs2)cs1. The first kappa shape index (κ1) is 15.2. The zero-order valence-electron chi connectivity index (χ0n) is 12.0. The van der Waals surface area contributed by atoms with Gasteiger partial charge in [-0.05, 0) is 30.9 Å². The van der Waals surface area contributed by atoms with E-state index in [1.54, 1.807) is 30.4 Å². The molecule has 1 unspecified atom stereocenters. The van der Waals surface area contributed by atoms with Crippen molar-refractivity contribution >= 4 is 28.6 Å². The predicted molar refractivity (Wildman–Crippen MR) is 82.4 cm³/mol. The van der Waals surface area contributed by atoms with Crippen LogP contribution in [-0.4, -0.2) is 29.9 Å². The zero-order chi connectivity index (χ0) is 14.7. The standard InChI is InChI=1S/C14H18N2O2S2/c1-9-5-12(19-7-9)14(17)16(3)6-11-8-20-13(15-11)10(2)18-4/h5,7-8,10H,6H2,1-4H3. The summed E-state index contributed by atoms with van der Waals surface area (Å²) in [6.07, 6.45) is -0.00490. The first-order chi connectivity index (χ1) is 9.51. The maximum Gasteiger partial charge on any atom is 0.264 e. The van der Waals surface area contributed by atoms with Crippen LogP contribution < -0.4 is 0 Å². The normalized spacial score (nSPS) is 12.4. The molecule has 1 atom stereocenters. The van der Waals surface area contributed by atoms with E-state index in [9.17, 15) is 4.79 Å². The minimum atomic E-state index is -0.00490. The maximum atomic E-state index is 12.2. The van der Waals surface area contributed by atoms with Crippen molar-refractivity contribution in [3.63, 3.8) is 0 Å². The number of thiophene rings is 1. The summed E-state index contributed by atoms with van der Waals surface area (Å²) >= 11 is 3.05. The summed E-state index contributed by atoms with van der Waals surface area (Å²) in [7, 11) is 3.47. The molecule has 1 amide bonds. The maximum absolute atomic E-state index is 12.2. The van der Waals surface area contributed by atoms with Crippen LogP contribution in [-0.2, 0) is 11.3 Å². The molecule has 2 heterocycles. The Balaban J connectivity index is 2.02. The molecule has 0 fully saturated rings. The molecule has 0 radical (unpaired) electrons. The molecule has 20 heavy (non-hydrogen) atoms. The lowest BCUT2D eigenvalue weighted by Gasteiger charge is -2.14. The van der Waals surface area contributed by atoms with E-state index in [-0.39, 0.29) is 12.0 Å². The molecule has 0 aromatic carbocycles. The number of rotatable bonds is 5. The number of methoxy groups -OCH3 is 1. The quantitative estimate of drug-likeness (QED) is 0.849. The van der Waals surface area contributed by atoms with Crippen molar-refractivity contribution < 1.29 is 9.53 Å². The van der Waals surface area contributed by atoms with E-state index in [0.29, 0.717) is 6.54 Å². The Morgan fingerprint density at radius 1 is 1.45 bits per heavy atom. The molecule has 0 aliphatic rings. The van der Waals surface area contributed by atoms with Gasteiger partial charge in [0.15, 0.2) is 0 Å². The smallest absolute Gasteiger partial charge is 0.264 e.